The van der Waals surface area contributed by atoms with Gasteiger partial charge in [0.2, 0.25) is 17.7 Å². The fourth-order valence-electron chi connectivity index (χ4n) is 4.79. The third-order valence-electron chi connectivity index (χ3n) is 6.61. The van der Waals surface area contributed by atoms with Gasteiger partial charge < -0.3 is 20.6 Å². The van der Waals surface area contributed by atoms with Gasteiger partial charge in [-0.25, -0.2) is 4.68 Å². The maximum atomic E-state index is 13.6. The molecule has 0 unspecified atom stereocenters. The third kappa shape index (κ3) is 6.51. The first kappa shape index (κ1) is 28.0. The van der Waals surface area contributed by atoms with Crippen molar-refractivity contribution in [1.29, 1.82) is 0 Å². The normalized spacial score (nSPS) is 12.6. The second-order valence-electron chi connectivity index (χ2n) is 10.7. The highest BCUT2D eigenvalue weighted by molar-refractivity contribution is 6.01. The Bertz CT molecular complexity index is 1360. The zero-order valence-electron chi connectivity index (χ0n) is 22.9. The number of aliphatic hydroxyl groups excluding tert-OH is 1. The minimum absolute atomic E-state index is 0.00163. The summed E-state index contributed by atoms with van der Waals surface area (Å²) in [5.41, 5.74) is 3.84. The highest BCUT2D eigenvalue weighted by Crippen LogP contribution is 2.41. The highest BCUT2D eigenvalue weighted by Gasteiger charge is 2.30. The summed E-state index contributed by atoms with van der Waals surface area (Å²) in [6, 6.07) is 15.2. The molecule has 206 valence electrons. The van der Waals surface area contributed by atoms with Crippen molar-refractivity contribution in [3.63, 3.8) is 0 Å². The molecule has 3 amide bonds. The van der Waals surface area contributed by atoms with Gasteiger partial charge in [0.25, 0.3) is 0 Å². The number of amides is 3. The van der Waals surface area contributed by atoms with E-state index in [1.807, 2.05) is 76.2 Å². The van der Waals surface area contributed by atoms with Crippen LogP contribution in [-0.4, -0.2) is 56.0 Å². The van der Waals surface area contributed by atoms with Crippen molar-refractivity contribution < 1.29 is 19.5 Å². The number of aromatic nitrogens is 3. The fraction of sp³-hybridized carbons (Fsp3) is 0.414. The molecule has 0 spiro atoms. The number of carbonyl (C=O) groups is 3. The van der Waals surface area contributed by atoms with Crippen molar-refractivity contribution in [1.82, 2.24) is 25.6 Å². The maximum Gasteiger partial charge on any atom is 0.242 e. The topological polar surface area (TPSA) is 129 Å². The lowest BCUT2D eigenvalue weighted by molar-refractivity contribution is -0.126. The van der Waals surface area contributed by atoms with E-state index in [0.29, 0.717) is 17.8 Å². The van der Waals surface area contributed by atoms with Gasteiger partial charge in [0, 0.05) is 42.2 Å². The average molecular weight is 533 g/mol. The number of benzene rings is 2. The van der Waals surface area contributed by atoms with Gasteiger partial charge in [-0.3, -0.25) is 14.4 Å². The zero-order chi connectivity index (χ0) is 28.2. The second-order valence-corrected chi connectivity index (χ2v) is 10.7. The molecule has 0 bridgehead atoms. The van der Waals surface area contributed by atoms with Gasteiger partial charge in [-0.2, -0.15) is 0 Å². The summed E-state index contributed by atoms with van der Waals surface area (Å²) in [4.78, 5) is 40.5. The Hall–Kier alpha value is -4.05. The Labute approximate surface area is 228 Å². The molecule has 0 radical (unpaired) electrons. The summed E-state index contributed by atoms with van der Waals surface area (Å²) < 4.78 is 1.61. The van der Waals surface area contributed by atoms with Crippen LogP contribution in [-0.2, 0) is 27.5 Å². The van der Waals surface area contributed by atoms with Gasteiger partial charge >= 0.3 is 0 Å². The Morgan fingerprint density at radius 3 is 2.41 bits per heavy atom. The van der Waals surface area contributed by atoms with E-state index in [1.54, 1.807) is 9.58 Å². The largest absolute Gasteiger partial charge is 0.396 e. The Balaban J connectivity index is 1.68. The highest BCUT2D eigenvalue weighted by atomic mass is 16.3. The molecule has 0 fully saturated rings. The first-order chi connectivity index (χ1) is 18.6. The first-order valence-electron chi connectivity index (χ1n) is 13.2. The standard InChI is InChI=1S/C29H36N6O4/c1-19(2)30-25(38)18-35-28-21-10-6-5-9-20(21)17-34(23-12-8-7-11-22(23)27(28)32-33-35)26(39)14-13-24(37)31-29(3,4)15-16-36/h5-12,19,36H,13-18H2,1-4H3,(H,30,38)(H,31,37). The second kappa shape index (κ2) is 11.8. The number of hydrogen-bond acceptors (Lipinski definition) is 6. The van der Waals surface area contributed by atoms with Gasteiger partial charge in [-0.05, 0) is 45.7 Å². The van der Waals surface area contributed by atoms with Crippen molar-refractivity contribution in [2.45, 2.75) is 71.6 Å². The summed E-state index contributed by atoms with van der Waals surface area (Å²) in [5, 5.41) is 23.8. The lowest BCUT2D eigenvalue weighted by Gasteiger charge is -2.29. The SMILES string of the molecule is CC(C)NC(=O)Cn1nnc2c1-c1ccccc1CN(C(=O)CCC(=O)NC(C)(C)CCO)c1ccccc1-2. The average Bonchev–Trinajstić information content (AvgIpc) is 3.26. The van der Waals surface area contributed by atoms with Gasteiger partial charge in [-0.15, -0.1) is 5.10 Å². The molecule has 1 aliphatic heterocycles. The molecule has 0 atom stereocenters. The van der Waals surface area contributed by atoms with Crippen LogP contribution >= 0.6 is 0 Å². The lowest BCUT2D eigenvalue weighted by Crippen LogP contribution is -2.44. The van der Waals surface area contributed by atoms with Crippen molar-refractivity contribution in [2.75, 3.05) is 11.5 Å². The third-order valence-corrected chi connectivity index (χ3v) is 6.61. The number of aliphatic hydroxyl groups is 1. The van der Waals surface area contributed by atoms with E-state index in [1.165, 1.54) is 0 Å². The van der Waals surface area contributed by atoms with Crippen molar-refractivity contribution in [3.05, 3.63) is 54.1 Å². The summed E-state index contributed by atoms with van der Waals surface area (Å²) in [7, 11) is 0. The van der Waals surface area contributed by atoms with Crippen LogP contribution in [0, 0.1) is 0 Å². The number of hydrogen-bond donors (Lipinski definition) is 3. The number of carbonyl (C=O) groups excluding carboxylic acids is 3. The molecule has 0 saturated carbocycles. The van der Waals surface area contributed by atoms with E-state index in [9.17, 15) is 19.5 Å². The molecular formula is C29H36N6O4. The molecule has 2 aromatic carbocycles. The van der Waals surface area contributed by atoms with Crippen LogP contribution in [0.25, 0.3) is 22.5 Å². The van der Waals surface area contributed by atoms with Crippen LogP contribution in [0.3, 0.4) is 0 Å². The number of nitrogens with one attached hydrogen (secondary N) is 2. The van der Waals surface area contributed by atoms with Gasteiger partial charge in [0.05, 0.1) is 17.9 Å². The quantitative estimate of drug-likeness (QED) is 0.389. The summed E-state index contributed by atoms with van der Waals surface area (Å²) in [6.45, 7) is 7.75. The molecule has 39 heavy (non-hydrogen) atoms. The zero-order valence-corrected chi connectivity index (χ0v) is 22.9. The molecule has 3 N–H and O–H groups in total. The molecule has 10 nitrogen and oxygen atoms in total. The summed E-state index contributed by atoms with van der Waals surface area (Å²) in [6.07, 6.45) is 0.470. The summed E-state index contributed by atoms with van der Waals surface area (Å²) in [5.74, 6) is -0.602. The van der Waals surface area contributed by atoms with E-state index in [-0.39, 0.29) is 56.3 Å². The van der Waals surface area contributed by atoms with Crippen LogP contribution in [0.4, 0.5) is 5.69 Å². The predicted octanol–water partition coefficient (Wildman–Crippen LogP) is 3.04. The number of rotatable bonds is 9. The fourth-order valence-corrected chi connectivity index (χ4v) is 4.79. The molecule has 0 aliphatic carbocycles. The number of para-hydroxylation sites is 1. The molecule has 3 aromatic rings. The van der Waals surface area contributed by atoms with Crippen molar-refractivity contribution >= 4 is 23.4 Å². The predicted molar refractivity (Wildman–Crippen MR) is 149 cm³/mol. The van der Waals surface area contributed by atoms with Crippen molar-refractivity contribution in [2.24, 2.45) is 0 Å². The monoisotopic (exact) mass is 532 g/mol. The number of nitrogens with zero attached hydrogens (tertiary/aromatic N) is 4. The number of fused-ring (bicyclic) bond motifs is 5. The number of anilines is 1. The van der Waals surface area contributed by atoms with Crippen molar-refractivity contribution in [3.8, 4) is 22.5 Å². The van der Waals surface area contributed by atoms with Crippen LogP contribution in [0.5, 0.6) is 0 Å². The van der Waals surface area contributed by atoms with Crippen LogP contribution in [0.15, 0.2) is 48.5 Å². The Kier molecular flexibility index (Phi) is 8.44. The molecule has 2 heterocycles. The Morgan fingerprint density at radius 1 is 1.00 bits per heavy atom. The molecule has 4 rings (SSSR count). The summed E-state index contributed by atoms with van der Waals surface area (Å²) >= 11 is 0. The van der Waals surface area contributed by atoms with Gasteiger partial charge in [0.15, 0.2) is 0 Å². The van der Waals surface area contributed by atoms with E-state index in [4.69, 9.17) is 0 Å². The van der Waals surface area contributed by atoms with Gasteiger partial charge in [0.1, 0.15) is 12.2 Å². The first-order valence-corrected chi connectivity index (χ1v) is 13.2. The van der Waals surface area contributed by atoms with E-state index in [2.05, 4.69) is 20.9 Å². The van der Waals surface area contributed by atoms with Crippen LogP contribution in [0.2, 0.25) is 0 Å². The lowest BCUT2D eigenvalue weighted by atomic mass is 9.95. The Morgan fingerprint density at radius 2 is 1.69 bits per heavy atom. The van der Waals surface area contributed by atoms with E-state index >= 15 is 0 Å². The molecule has 10 heteroatoms. The minimum Gasteiger partial charge on any atom is -0.396 e. The molecular weight excluding hydrogens is 496 g/mol. The molecule has 1 aliphatic rings. The minimum atomic E-state index is -0.560. The molecule has 1 aromatic heterocycles. The molecule has 0 saturated heterocycles. The van der Waals surface area contributed by atoms with E-state index in [0.717, 1.165) is 22.4 Å². The van der Waals surface area contributed by atoms with Gasteiger partial charge in [-0.1, -0.05) is 47.7 Å². The van der Waals surface area contributed by atoms with E-state index < -0.39 is 5.54 Å². The van der Waals surface area contributed by atoms with Crippen LogP contribution in [0.1, 0.15) is 52.5 Å². The van der Waals surface area contributed by atoms with Crippen LogP contribution < -0.4 is 15.5 Å². The maximum absolute atomic E-state index is 13.6. The smallest absolute Gasteiger partial charge is 0.242 e.